The molecule has 2 rings (SSSR count). The van der Waals surface area contributed by atoms with E-state index in [-0.39, 0.29) is 6.10 Å². The minimum atomic E-state index is -0.0360. The molecule has 1 aliphatic rings. The molecule has 0 bridgehead atoms. The van der Waals surface area contributed by atoms with E-state index in [4.69, 9.17) is 0 Å². The van der Waals surface area contributed by atoms with Crippen molar-refractivity contribution in [1.29, 1.82) is 0 Å². The van der Waals surface area contributed by atoms with Crippen molar-refractivity contribution < 1.29 is 5.11 Å². The first-order valence-corrected chi connectivity index (χ1v) is 6.77. The summed E-state index contributed by atoms with van der Waals surface area (Å²) in [5, 5.41) is 12.9. The van der Waals surface area contributed by atoms with Gasteiger partial charge in [0.2, 0.25) is 0 Å². The van der Waals surface area contributed by atoms with Crippen LogP contribution in [0.3, 0.4) is 0 Å². The summed E-state index contributed by atoms with van der Waals surface area (Å²) < 4.78 is 0. The molecule has 2 unspecified atom stereocenters. The monoisotopic (exact) mass is 233 g/mol. The molecule has 17 heavy (non-hydrogen) atoms. The number of aryl methyl sites for hydroxylation is 1. The van der Waals surface area contributed by atoms with Crippen LogP contribution in [0.2, 0.25) is 0 Å². The van der Waals surface area contributed by atoms with Gasteiger partial charge >= 0.3 is 0 Å². The van der Waals surface area contributed by atoms with E-state index in [1.807, 2.05) is 0 Å². The first kappa shape index (κ1) is 12.6. The lowest BCUT2D eigenvalue weighted by molar-refractivity contribution is 0.177. The zero-order chi connectivity index (χ0) is 11.9. The van der Waals surface area contributed by atoms with Crippen LogP contribution in [0.4, 0.5) is 0 Å². The van der Waals surface area contributed by atoms with Crippen molar-refractivity contribution in [2.75, 3.05) is 13.1 Å². The molecule has 94 valence electrons. The summed E-state index contributed by atoms with van der Waals surface area (Å²) in [5.74, 6) is 0.696. The Balaban J connectivity index is 1.52. The fourth-order valence-electron chi connectivity index (χ4n) is 2.60. The molecule has 0 amide bonds. The van der Waals surface area contributed by atoms with Crippen molar-refractivity contribution in [1.82, 2.24) is 5.32 Å². The van der Waals surface area contributed by atoms with E-state index in [0.717, 1.165) is 32.4 Å². The molecule has 1 saturated carbocycles. The molecule has 2 atom stereocenters. The third-order valence-corrected chi connectivity index (χ3v) is 3.61. The second kappa shape index (κ2) is 6.77. The van der Waals surface area contributed by atoms with Crippen LogP contribution in [0.1, 0.15) is 31.2 Å². The van der Waals surface area contributed by atoms with E-state index in [1.165, 1.54) is 18.4 Å². The molecule has 0 radical (unpaired) electrons. The molecular formula is C15H23NO. The molecule has 2 nitrogen and oxygen atoms in total. The highest BCUT2D eigenvalue weighted by Crippen LogP contribution is 2.24. The Labute approximate surface area is 104 Å². The number of hydrogen-bond donors (Lipinski definition) is 2. The quantitative estimate of drug-likeness (QED) is 0.739. The van der Waals surface area contributed by atoms with Crippen molar-refractivity contribution in [3.63, 3.8) is 0 Å². The van der Waals surface area contributed by atoms with E-state index in [1.54, 1.807) is 0 Å². The highest BCUT2D eigenvalue weighted by Gasteiger charge is 2.21. The Bertz CT molecular complexity index is 312. The second-order valence-electron chi connectivity index (χ2n) is 5.13. The summed E-state index contributed by atoms with van der Waals surface area (Å²) in [7, 11) is 0. The smallest absolute Gasteiger partial charge is 0.0543 e. The number of rotatable bonds is 6. The Morgan fingerprint density at radius 2 is 2.00 bits per heavy atom. The topological polar surface area (TPSA) is 32.3 Å². The maximum atomic E-state index is 9.42. The summed E-state index contributed by atoms with van der Waals surface area (Å²) in [5.41, 5.74) is 1.42. The van der Waals surface area contributed by atoms with Crippen molar-refractivity contribution in [2.45, 2.75) is 38.2 Å². The van der Waals surface area contributed by atoms with Gasteiger partial charge in [0.05, 0.1) is 6.10 Å². The molecule has 2 heteroatoms. The Morgan fingerprint density at radius 1 is 1.18 bits per heavy atom. The van der Waals surface area contributed by atoms with Gasteiger partial charge in [0.1, 0.15) is 0 Å². The Kier molecular flexibility index (Phi) is 5.02. The first-order valence-electron chi connectivity index (χ1n) is 6.77. The van der Waals surface area contributed by atoms with Crippen LogP contribution in [-0.4, -0.2) is 24.3 Å². The van der Waals surface area contributed by atoms with E-state index >= 15 is 0 Å². The van der Waals surface area contributed by atoms with Gasteiger partial charge in [-0.1, -0.05) is 30.3 Å². The van der Waals surface area contributed by atoms with Crippen LogP contribution in [0, 0.1) is 5.92 Å². The maximum Gasteiger partial charge on any atom is 0.0543 e. The van der Waals surface area contributed by atoms with Crippen LogP contribution in [0.25, 0.3) is 0 Å². The molecule has 0 aliphatic heterocycles. The summed E-state index contributed by atoms with van der Waals surface area (Å²) >= 11 is 0. The fourth-order valence-corrected chi connectivity index (χ4v) is 2.60. The highest BCUT2D eigenvalue weighted by molar-refractivity contribution is 5.14. The molecule has 1 fully saturated rings. The van der Waals surface area contributed by atoms with Gasteiger partial charge in [-0.3, -0.25) is 0 Å². The number of aliphatic hydroxyl groups excluding tert-OH is 1. The van der Waals surface area contributed by atoms with Crippen molar-refractivity contribution in [3.05, 3.63) is 35.9 Å². The van der Waals surface area contributed by atoms with E-state index in [0.29, 0.717) is 5.92 Å². The lowest BCUT2D eigenvalue weighted by Gasteiger charge is -2.10. The lowest BCUT2D eigenvalue weighted by atomic mass is 10.1. The Hall–Kier alpha value is -0.860. The van der Waals surface area contributed by atoms with Gasteiger partial charge in [-0.25, -0.2) is 0 Å². The minimum absolute atomic E-state index is 0.0360. The predicted molar refractivity (Wildman–Crippen MR) is 71.0 cm³/mol. The third-order valence-electron chi connectivity index (χ3n) is 3.61. The number of hydrogen-bond acceptors (Lipinski definition) is 2. The van der Waals surface area contributed by atoms with Gasteiger partial charge < -0.3 is 10.4 Å². The molecule has 1 aromatic rings. The first-order chi connectivity index (χ1) is 8.34. The molecular weight excluding hydrogens is 210 g/mol. The summed E-state index contributed by atoms with van der Waals surface area (Å²) in [6, 6.07) is 10.6. The van der Waals surface area contributed by atoms with Crippen molar-refractivity contribution >= 4 is 0 Å². The van der Waals surface area contributed by atoms with E-state index in [9.17, 15) is 5.11 Å². The molecule has 0 spiro atoms. The molecule has 0 saturated heterocycles. The molecule has 0 aromatic heterocycles. The van der Waals surface area contributed by atoms with Crippen molar-refractivity contribution in [3.8, 4) is 0 Å². The molecule has 0 heterocycles. The summed E-state index contributed by atoms with van der Waals surface area (Å²) in [6.45, 7) is 2.16. The average Bonchev–Trinajstić information content (AvgIpc) is 2.76. The normalized spacial score (nSPS) is 24.1. The highest BCUT2D eigenvalue weighted by atomic mass is 16.3. The molecule has 1 aromatic carbocycles. The zero-order valence-corrected chi connectivity index (χ0v) is 10.4. The van der Waals surface area contributed by atoms with Gasteiger partial charge in [0.25, 0.3) is 0 Å². The van der Waals surface area contributed by atoms with Gasteiger partial charge in [-0.05, 0) is 56.7 Å². The second-order valence-corrected chi connectivity index (χ2v) is 5.13. The lowest BCUT2D eigenvalue weighted by Crippen LogP contribution is -2.23. The predicted octanol–water partition coefficient (Wildman–Crippen LogP) is 2.37. The number of benzene rings is 1. The third kappa shape index (κ3) is 4.49. The van der Waals surface area contributed by atoms with Gasteiger partial charge in [-0.15, -0.1) is 0 Å². The standard InChI is InChI=1S/C15H23NO/c17-15-9-8-14(11-15)12-16-10-4-7-13-5-2-1-3-6-13/h1-3,5-6,14-17H,4,7-12H2. The Morgan fingerprint density at radius 3 is 2.71 bits per heavy atom. The van der Waals surface area contributed by atoms with E-state index in [2.05, 4.69) is 35.6 Å². The van der Waals surface area contributed by atoms with Crippen LogP contribution in [0.15, 0.2) is 30.3 Å². The van der Waals surface area contributed by atoms with E-state index < -0.39 is 0 Å². The number of aliphatic hydroxyl groups is 1. The fraction of sp³-hybridized carbons (Fsp3) is 0.600. The van der Waals surface area contributed by atoms with Gasteiger partial charge in [0, 0.05) is 0 Å². The zero-order valence-electron chi connectivity index (χ0n) is 10.4. The van der Waals surface area contributed by atoms with Gasteiger partial charge in [-0.2, -0.15) is 0 Å². The van der Waals surface area contributed by atoms with Crippen LogP contribution in [0.5, 0.6) is 0 Å². The van der Waals surface area contributed by atoms with Crippen molar-refractivity contribution in [2.24, 2.45) is 5.92 Å². The van der Waals surface area contributed by atoms with Crippen LogP contribution >= 0.6 is 0 Å². The largest absolute Gasteiger partial charge is 0.393 e. The van der Waals surface area contributed by atoms with Crippen LogP contribution < -0.4 is 5.32 Å². The molecule has 1 aliphatic carbocycles. The van der Waals surface area contributed by atoms with Crippen LogP contribution in [-0.2, 0) is 6.42 Å². The molecule has 2 N–H and O–H groups in total. The number of nitrogens with one attached hydrogen (secondary N) is 1. The average molecular weight is 233 g/mol. The van der Waals surface area contributed by atoms with Gasteiger partial charge in [0.15, 0.2) is 0 Å². The minimum Gasteiger partial charge on any atom is -0.393 e. The SMILES string of the molecule is OC1CCC(CNCCCc2ccccc2)C1. The summed E-state index contributed by atoms with van der Waals surface area (Å²) in [6.07, 6.45) is 5.49. The summed E-state index contributed by atoms with van der Waals surface area (Å²) in [4.78, 5) is 0. The maximum absolute atomic E-state index is 9.42.